The molecule has 2 amide bonds. The molecule has 2 N–H and O–H groups in total. The lowest BCUT2D eigenvalue weighted by Crippen LogP contribution is -2.18. The molecule has 2 heterocycles. The number of hydrogen-bond acceptors (Lipinski definition) is 6. The van der Waals surface area contributed by atoms with E-state index in [9.17, 15) is 9.59 Å². The molecule has 0 saturated carbocycles. The molecule has 0 aliphatic carbocycles. The average molecular weight is 388 g/mol. The lowest BCUT2D eigenvalue weighted by molar-refractivity contribution is -0.117. The van der Waals surface area contributed by atoms with Crippen LogP contribution in [0.4, 0.5) is 10.8 Å². The number of nitrogens with one attached hydrogen (secondary N) is 2. The van der Waals surface area contributed by atoms with Gasteiger partial charge in [0, 0.05) is 24.9 Å². The molecule has 0 radical (unpaired) electrons. The van der Waals surface area contributed by atoms with E-state index in [1.165, 1.54) is 11.3 Å². The third kappa shape index (κ3) is 5.75. The summed E-state index contributed by atoms with van der Waals surface area (Å²) in [5.74, 6) is 1.24. The largest absolute Gasteiger partial charge is 0.494 e. The molecule has 0 bridgehead atoms. The Hall–Kier alpha value is -2.48. The quantitative estimate of drug-likeness (QED) is 0.676. The molecule has 0 fully saturated rings. The van der Waals surface area contributed by atoms with E-state index in [4.69, 9.17) is 4.74 Å². The van der Waals surface area contributed by atoms with E-state index in [0.717, 1.165) is 34.8 Å². The first kappa shape index (κ1) is 19.3. The normalized spacial score (nSPS) is 13.2. The molecule has 0 spiro atoms. The van der Waals surface area contributed by atoms with Crippen molar-refractivity contribution in [1.82, 2.24) is 10.2 Å². The van der Waals surface area contributed by atoms with Crippen LogP contribution in [-0.4, -0.2) is 28.6 Å². The molecule has 1 aromatic carbocycles. The van der Waals surface area contributed by atoms with Crippen molar-refractivity contribution in [2.24, 2.45) is 5.92 Å². The molecular formula is C19H24N4O3S. The van der Waals surface area contributed by atoms with E-state index in [0.29, 0.717) is 36.9 Å². The van der Waals surface area contributed by atoms with Gasteiger partial charge >= 0.3 is 0 Å². The van der Waals surface area contributed by atoms with Gasteiger partial charge in [0.05, 0.1) is 6.61 Å². The Bertz CT molecular complexity index is 819. The number of carbonyl (C=O) groups excluding carboxylic acids is 2. The van der Waals surface area contributed by atoms with Gasteiger partial charge in [-0.05, 0) is 42.5 Å². The van der Waals surface area contributed by atoms with Crippen molar-refractivity contribution in [3.63, 3.8) is 0 Å². The number of benzene rings is 1. The van der Waals surface area contributed by atoms with Crippen LogP contribution >= 0.6 is 11.3 Å². The highest BCUT2D eigenvalue weighted by molar-refractivity contribution is 7.15. The van der Waals surface area contributed by atoms with E-state index in [1.54, 1.807) is 0 Å². The number of rotatable bonds is 8. The number of hydrogen-bond donors (Lipinski definition) is 2. The first-order chi connectivity index (χ1) is 13.0. The van der Waals surface area contributed by atoms with Gasteiger partial charge in [-0.15, -0.1) is 10.2 Å². The second-order valence-electron chi connectivity index (χ2n) is 6.97. The lowest BCUT2D eigenvalue weighted by Gasteiger charge is -2.17. The molecule has 3 rings (SSSR count). The van der Waals surface area contributed by atoms with E-state index < -0.39 is 0 Å². The van der Waals surface area contributed by atoms with Crippen molar-refractivity contribution < 1.29 is 14.3 Å². The highest BCUT2D eigenvalue weighted by Gasteiger charge is 2.15. The Balaban J connectivity index is 1.39. The van der Waals surface area contributed by atoms with E-state index in [1.807, 2.05) is 18.2 Å². The first-order valence-corrected chi connectivity index (χ1v) is 9.99. The van der Waals surface area contributed by atoms with E-state index in [2.05, 4.69) is 34.7 Å². The Labute approximate surface area is 162 Å². The van der Waals surface area contributed by atoms with Crippen molar-refractivity contribution in [1.29, 1.82) is 0 Å². The third-order valence-electron chi connectivity index (χ3n) is 4.09. The van der Waals surface area contributed by atoms with Gasteiger partial charge in [0.2, 0.25) is 16.9 Å². The Morgan fingerprint density at radius 2 is 2.19 bits per heavy atom. The number of fused-ring (bicyclic) bond motifs is 1. The minimum Gasteiger partial charge on any atom is -0.494 e. The van der Waals surface area contributed by atoms with E-state index >= 15 is 0 Å². The van der Waals surface area contributed by atoms with Crippen LogP contribution < -0.4 is 15.4 Å². The molecule has 0 saturated heterocycles. The van der Waals surface area contributed by atoms with Crippen molar-refractivity contribution in [3.05, 3.63) is 28.8 Å². The zero-order valence-electron chi connectivity index (χ0n) is 15.6. The third-order valence-corrected chi connectivity index (χ3v) is 4.95. The summed E-state index contributed by atoms with van der Waals surface area (Å²) in [5, 5.41) is 15.2. The van der Waals surface area contributed by atoms with Crippen molar-refractivity contribution in [3.8, 4) is 5.75 Å². The van der Waals surface area contributed by atoms with Crippen LogP contribution in [-0.2, 0) is 22.4 Å². The fourth-order valence-corrected chi connectivity index (χ4v) is 3.76. The number of aromatic nitrogens is 2. The fourth-order valence-electron chi connectivity index (χ4n) is 2.79. The number of amides is 2. The molecular weight excluding hydrogens is 364 g/mol. The van der Waals surface area contributed by atoms with Gasteiger partial charge in [-0.25, -0.2) is 0 Å². The van der Waals surface area contributed by atoms with Crippen molar-refractivity contribution >= 4 is 34.0 Å². The molecule has 0 atom stereocenters. The molecule has 2 aromatic rings. The summed E-state index contributed by atoms with van der Waals surface area (Å²) in [5.41, 5.74) is 1.94. The van der Waals surface area contributed by atoms with Crippen LogP contribution in [0.5, 0.6) is 5.75 Å². The molecule has 8 heteroatoms. The summed E-state index contributed by atoms with van der Waals surface area (Å²) in [6.45, 7) is 4.70. The maximum Gasteiger partial charge on any atom is 0.226 e. The van der Waals surface area contributed by atoms with Gasteiger partial charge in [-0.3, -0.25) is 9.59 Å². The monoisotopic (exact) mass is 388 g/mol. The van der Waals surface area contributed by atoms with Crippen molar-refractivity contribution in [2.45, 2.75) is 46.0 Å². The Morgan fingerprint density at radius 1 is 1.33 bits per heavy atom. The summed E-state index contributed by atoms with van der Waals surface area (Å²) in [6.07, 6.45) is 3.06. The molecule has 7 nitrogen and oxygen atoms in total. The standard InChI is InChI=1S/C19H24N4O3S/c1-12(2)10-18-22-23-19(27-18)21-16(24)4-3-9-26-14-6-7-15-13(11-14)5-8-17(25)20-15/h6-7,11-12H,3-5,8-10H2,1-2H3,(H,20,25)(H,21,23,24). The number of nitrogens with zero attached hydrogens (tertiary/aromatic N) is 2. The second kappa shape index (κ2) is 8.94. The predicted molar refractivity (Wildman–Crippen MR) is 105 cm³/mol. The molecule has 1 aromatic heterocycles. The van der Waals surface area contributed by atoms with Gasteiger partial charge in [0.25, 0.3) is 0 Å². The van der Waals surface area contributed by atoms with Gasteiger partial charge < -0.3 is 15.4 Å². The summed E-state index contributed by atoms with van der Waals surface area (Å²) in [7, 11) is 0. The fraction of sp³-hybridized carbons (Fsp3) is 0.474. The first-order valence-electron chi connectivity index (χ1n) is 9.17. The number of aryl methyl sites for hydroxylation is 1. The topological polar surface area (TPSA) is 93.2 Å². The van der Waals surface area contributed by atoms with Gasteiger partial charge in [-0.1, -0.05) is 25.2 Å². The van der Waals surface area contributed by atoms with Crippen LogP contribution in [0.15, 0.2) is 18.2 Å². The second-order valence-corrected chi connectivity index (χ2v) is 8.03. The van der Waals surface area contributed by atoms with Gasteiger partial charge in [0.15, 0.2) is 0 Å². The molecule has 0 unspecified atom stereocenters. The van der Waals surface area contributed by atoms with Gasteiger partial charge in [0.1, 0.15) is 10.8 Å². The highest BCUT2D eigenvalue weighted by atomic mass is 32.1. The minimum absolute atomic E-state index is 0.0499. The molecule has 27 heavy (non-hydrogen) atoms. The summed E-state index contributed by atoms with van der Waals surface area (Å²) < 4.78 is 5.73. The lowest BCUT2D eigenvalue weighted by atomic mass is 10.0. The zero-order valence-corrected chi connectivity index (χ0v) is 16.4. The van der Waals surface area contributed by atoms with E-state index in [-0.39, 0.29) is 11.8 Å². The maximum atomic E-state index is 12.0. The zero-order chi connectivity index (χ0) is 19.2. The average Bonchev–Trinajstić information content (AvgIpc) is 3.04. The van der Waals surface area contributed by atoms with Crippen LogP contribution in [0.2, 0.25) is 0 Å². The van der Waals surface area contributed by atoms with Crippen LogP contribution in [0.1, 0.15) is 43.7 Å². The minimum atomic E-state index is -0.0843. The highest BCUT2D eigenvalue weighted by Crippen LogP contribution is 2.27. The van der Waals surface area contributed by atoms with Crippen LogP contribution in [0, 0.1) is 5.92 Å². The summed E-state index contributed by atoms with van der Waals surface area (Å²) >= 11 is 1.42. The predicted octanol–water partition coefficient (Wildman–Crippen LogP) is 3.42. The number of anilines is 2. The van der Waals surface area contributed by atoms with Gasteiger partial charge in [-0.2, -0.15) is 0 Å². The number of carbonyl (C=O) groups is 2. The summed E-state index contributed by atoms with van der Waals surface area (Å²) in [6, 6.07) is 5.65. The Kier molecular flexibility index (Phi) is 6.39. The molecule has 1 aliphatic rings. The van der Waals surface area contributed by atoms with Crippen LogP contribution in [0.3, 0.4) is 0 Å². The Morgan fingerprint density at radius 3 is 3.00 bits per heavy atom. The molecule has 144 valence electrons. The maximum absolute atomic E-state index is 12.0. The number of ether oxygens (including phenoxy) is 1. The molecule has 1 aliphatic heterocycles. The SMILES string of the molecule is CC(C)Cc1nnc(NC(=O)CCCOc2ccc3c(c2)CCC(=O)N3)s1. The smallest absolute Gasteiger partial charge is 0.226 e. The van der Waals surface area contributed by atoms with Crippen molar-refractivity contribution in [2.75, 3.05) is 17.2 Å². The van der Waals surface area contributed by atoms with Crippen LogP contribution in [0.25, 0.3) is 0 Å². The summed E-state index contributed by atoms with van der Waals surface area (Å²) in [4.78, 5) is 23.4.